The minimum absolute atomic E-state index is 0.156. The van der Waals surface area contributed by atoms with E-state index in [1.807, 2.05) is 18.2 Å². The molecule has 2 aliphatic carbocycles. The molecule has 3 aliphatic rings. The van der Waals surface area contributed by atoms with E-state index in [-0.39, 0.29) is 11.7 Å². The van der Waals surface area contributed by atoms with Crippen LogP contribution >= 0.6 is 11.3 Å². The van der Waals surface area contributed by atoms with Crippen LogP contribution in [0.3, 0.4) is 0 Å². The van der Waals surface area contributed by atoms with Crippen LogP contribution in [0.1, 0.15) is 53.3 Å². The summed E-state index contributed by atoms with van der Waals surface area (Å²) in [6.45, 7) is 1.32. The van der Waals surface area contributed by atoms with Gasteiger partial charge in [0.15, 0.2) is 10.9 Å². The zero-order valence-electron chi connectivity index (χ0n) is 20.4. The summed E-state index contributed by atoms with van der Waals surface area (Å²) in [5.41, 5.74) is 3.52. The molecule has 37 heavy (non-hydrogen) atoms. The molecule has 190 valence electrons. The molecular weight excluding hydrogens is 493 g/mol. The number of hydrogen-bond acceptors (Lipinski definition) is 8. The topological polar surface area (TPSA) is 77.7 Å². The SMILES string of the molecule is COC(=O)c1cc(F)c2nc(N3C[C@@H]4C[C@H]3C[C@H]4OCc3c(-c4ccccc4)noc3C3CC3)sc2c1. The van der Waals surface area contributed by atoms with Crippen molar-refractivity contribution >= 4 is 32.7 Å². The molecule has 0 unspecified atom stereocenters. The predicted octanol–water partition coefficient (Wildman–Crippen LogP) is 5.94. The van der Waals surface area contributed by atoms with Crippen LogP contribution in [0.15, 0.2) is 47.0 Å². The summed E-state index contributed by atoms with van der Waals surface area (Å²) in [6.07, 6.45) is 4.37. The lowest BCUT2D eigenvalue weighted by Crippen LogP contribution is -2.38. The lowest BCUT2D eigenvalue weighted by atomic mass is 10.0. The van der Waals surface area contributed by atoms with Crippen molar-refractivity contribution in [1.82, 2.24) is 10.1 Å². The molecule has 1 aliphatic heterocycles. The van der Waals surface area contributed by atoms with Gasteiger partial charge in [0.2, 0.25) is 0 Å². The molecule has 7 rings (SSSR count). The van der Waals surface area contributed by atoms with E-state index in [4.69, 9.17) is 14.0 Å². The van der Waals surface area contributed by atoms with Crippen LogP contribution in [-0.4, -0.2) is 41.9 Å². The van der Waals surface area contributed by atoms with Gasteiger partial charge in [-0.25, -0.2) is 14.2 Å². The van der Waals surface area contributed by atoms with E-state index >= 15 is 0 Å². The van der Waals surface area contributed by atoms with Crippen molar-refractivity contribution in [3.63, 3.8) is 0 Å². The quantitative estimate of drug-likeness (QED) is 0.280. The van der Waals surface area contributed by atoms with Crippen LogP contribution in [-0.2, 0) is 16.1 Å². The van der Waals surface area contributed by atoms with Crippen molar-refractivity contribution in [1.29, 1.82) is 0 Å². The van der Waals surface area contributed by atoms with Crippen LogP contribution in [0.2, 0.25) is 0 Å². The number of carbonyl (C=O) groups excluding carboxylic acids is 1. The van der Waals surface area contributed by atoms with Crippen LogP contribution in [0.5, 0.6) is 0 Å². The summed E-state index contributed by atoms with van der Waals surface area (Å²) in [5, 5.41) is 5.21. The lowest BCUT2D eigenvalue weighted by Gasteiger charge is -2.31. The molecule has 0 radical (unpaired) electrons. The highest BCUT2D eigenvalue weighted by atomic mass is 32.1. The van der Waals surface area contributed by atoms with E-state index in [1.165, 1.54) is 24.5 Å². The molecule has 9 heteroatoms. The van der Waals surface area contributed by atoms with E-state index in [0.29, 0.717) is 34.7 Å². The third kappa shape index (κ3) is 4.01. The second-order valence-electron chi connectivity index (χ2n) is 10.2. The summed E-state index contributed by atoms with van der Waals surface area (Å²) >= 11 is 1.42. The van der Waals surface area contributed by atoms with Gasteiger partial charge in [0.1, 0.15) is 17.0 Å². The van der Waals surface area contributed by atoms with Gasteiger partial charge >= 0.3 is 5.97 Å². The average Bonchev–Trinajstić information content (AvgIpc) is 3.26. The van der Waals surface area contributed by atoms with Crippen molar-refractivity contribution in [3.8, 4) is 11.3 Å². The third-order valence-corrected chi connectivity index (χ3v) is 8.88. The Kier molecular flexibility index (Phi) is 5.51. The van der Waals surface area contributed by atoms with Crippen LogP contribution in [0.25, 0.3) is 21.5 Å². The van der Waals surface area contributed by atoms with Crippen LogP contribution < -0.4 is 4.90 Å². The smallest absolute Gasteiger partial charge is 0.338 e. The Balaban J connectivity index is 1.07. The van der Waals surface area contributed by atoms with E-state index in [9.17, 15) is 9.18 Å². The number of carbonyl (C=O) groups is 1. The first-order valence-electron chi connectivity index (χ1n) is 12.7. The maximum absolute atomic E-state index is 14.7. The van der Waals surface area contributed by atoms with Gasteiger partial charge < -0.3 is 18.9 Å². The number of thiazole rings is 1. The standard InChI is InChI=1S/C28H26FN3O4S/c1-34-27(33)17-10-21(29)25-23(11-17)37-28(30-25)32-13-18-9-19(32)12-22(18)35-14-20-24(15-5-3-2-4-6-15)31-36-26(20)16-7-8-16/h2-6,10-11,16,18-19,22H,7-9,12-14H2,1H3/t18-,19-,22+/m0/s1. The highest BCUT2D eigenvalue weighted by molar-refractivity contribution is 7.22. The number of esters is 1. The number of rotatable bonds is 7. The number of nitrogens with zero attached hydrogens (tertiary/aromatic N) is 3. The van der Waals surface area contributed by atoms with Gasteiger partial charge in [-0.2, -0.15) is 0 Å². The second-order valence-corrected chi connectivity index (χ2v) is 11.2. The number of hydrogen-bond donors (Lipinski definition) is 0. The fourth-order valence-corrected chi connectivity index (χ4v) is 6.92. The maximum Gasteiger partial charge on any atom is 0.338 e. The summed E-state index contributed by atoms with van der Waals surface area (Å²) in [7, 11) is 1.29. The molecule has 3 heterocycles. The van der Waals surface area contributed by atoms with E-state index in [1.54, 1.807) is 6.07 Å². The van der Waals surface area contributed by atoms with Crippen molar-refractivity contribution in [2.24, 2.45) is 5.92 Å². The minimum atomic E-state index is -0.552. The van der Waals surface area contributed by atoms with E-state index in [2.05, 4.69) is 27.2 Å². The first kappa shape index (κ1) is 22.9. The molecule has 0 N–H and O–H groups in total. The molecule has 0 spiro atoms. The van der Waals surface area contributed by atoms with E-state index in [0.717, 1.165) is 59.9 Å². The van der Waals surface area contributed by atoms with Gasteiger partial charge in [0.25, 0.3) is 0 Å². The number of anilines is 1. The molecular formula is C28H26FN3O4S. The van der Waals surface area contributed by atoms with Crippen LogP contribution in [0.4, 0.5) is 9.52 Å². The lowest BCUT2D eigenvalue weighted by molar-refractivity contribution is 0.0122. The monoisotopic (exact) mass is 519 g/mol. The summed E-state index contributed by atoms with van der Waals surface area (Å²) in [6, 6.07) is 13.3. The Morgan fingerprint density at radius 3 is 2.78 bits per heavy atom. The molecule has 2 aromatic heterocycles. The maximum atomic E-state index is 14.7. The number of halogens is 1. The highest BCUT2D eigenvalue weighted by Gasteiger charge is 2.46. The second kappa shape index (κ2) is 8.92. The Morgan fingerprint density at radius 2 is 2.05 bits per heavy atom. The van der Waals surface area contributed by atoms with Crippen LogP contribution in [0, 0.1) is 11.7 Å². The number of ether oxygens (including phenoxy) is 2. The number of piperidine rings is 1. The number of fused-ring (bicyclic) bond motifs is 3. The fourth-order valence-electron chi connectivity index (χ4n) is 5.82. The zero-order chi connectivity index (χ0) is 25.1. The number of aromatic nitrogens is 2. The van der Waals surface area contributed by atoms with Gasteiger partial charge in [-0.05, 0) is 37.8 Å². The normalized spacial score (nSPS) is 22.8. The molecule has 7 nitrogen and oxygen atoms in total. The van der Waals surface area contributed by atoms with Crippen molar-refractivity contribution in [2.45, 2.75) is 50.4 Å². The third-order valence-electron chi connectivity index (χ3n) is 7.84. The molecule has 0 amide bonds. The van der Waals surface area contributed by atoms with Gasteiger partial charge in [0.05, 0.1) is 30.1 Å². The van der Waals surface area contributed by atoms with Gasteiger partial charge in [0, 0.05) is 35.5 Å². The summed E-state index contributed by atoms with van der Waals surface area (Å²) in [4.78, 5) is 18.7. The average molecular weight is 520 g/mol. The number of benzene rings is 2. The first-order valence-corrected chi connectivity index (χ1v) is 13.5. The Morgan fingerprint density at radius 1 is 1.22 bits per heavy atom. The van der Waals surface area contributed by atoms with Gasteiger partial charge in [-0.3, -0.25) is 0 Å². The molecule has 4 aromatic rings. The molecule has 1 saturated heterocycles. The van der Waals surface area contributed by atoms with Gasteiger partial charge in [-0.15, -0.1) is 0 Å². The molecule has 2 bridgehead atoms. The molecule has 3 atom stereocenters. The van der Waals surface area contributed by atoms with Crippen molar-refractivity contribution < 1.29 is 23.2 Å². The summed E-state index contributed by atoms with van der Waals surface area (Å²) < 4.78 is 32.4. The molecule has 2 saturated carbocycles. The van der Waals surface area contributed by atoms with Crippen molar-refractivity contribution in [3.05, 3.63) is 65.2 Å². The largest absolute Gasteiger partial charge is 0.465 e. The Hall–Kier alpha value is -3.30. The molecule has 3 fully saturated rings. The first-order chi connectivity index (χ1) is 18.1. The van der Waals surface area contributed by atoms with Gasteiger partial charge in [-0.1, -0.05) is 46.8 Å². The Bertz CT molecular complexity index is 1480. The minimum Gasteiger partial charge on any atom is -0.465 e. The molecule has 2 aromatic carbocycles. The summed E-state index contributed by atoms with van der Waals surface area (Å²) in [5.74, 6) is 0.769. The van der Waals surface area contributed by atoms with Crippen molar-refractivity contribution in [2.75, 3.05) is 18.6 Å². The highest BCUT2D eigenvalue weighted by Crippen LogP contribution is 2.47. The zero-order valence-corrected chi connectivity index (χ0v) is 21.2. The Labute approximate surface area is 217 Å². The number of methoxy groups -OCH3 is 1. The fraction of sp³-hybridized carbons (Fsp3) is 0.393. The predicted molar refractivity (Wildman–Crippen MR) is 137 cm³/mol. The van der Waals surface area contributed by atoms with E-state index < -0.39 is 11.8 Å².